The van der Waals surface area contributed by atoms with Gasteiger partial charge in [-0.3, -0.25) is 10.1 Å². The number of rotatable bonds is 8. The van der Waals surface area contributed by atoms with Crippen molar-refractivity contribution in [1.82, 2.24) is 14.5 Å². The van der Waals surface area contributed by atoms with Crippen LogP contribution in [-0.4, -0.2) is 48.0 Å². The first-order chi connectivity index (χ1) is 18.5. The van der Waals surface area contributed by atoms with Gasteiger partial charge in [0.1, 0.15) is 5.75 Å². The molecule has 2 aromatic carbocycles. The Kier molecular flexibility index (Phi) is 8.09. The van der Waals surface area contributed by atoms with E-state index in [0.717, 1.165) is 51.4 Å². The van der Waals surface area contributed by atoms with Gasteiger partial charge in [-0.15, -0.1) is 5.10 Å². The first-order valence-corrected chi connectivity index (χ1v) is 14.8. The lowest BCUT2D eigenvalue weighted by atomic mass is 9.91. The van der Waals surface area contributed by atoms with Crippen molar-refractivity contribution in [3.63, 3.8) is 0 Å². The van der Waals surface area contributed by atoms with E-state index in [1.54, 1.807) is 31.4 Å². The summed E-state index contributed by atoms with van der Waals surface area (Å²) >= 11 is 0. The lowest BCUT2D eigenvalue weighted by Gasteiger charge is -2.40. The molecular formula is C28H34N4O5S. The molecule has 10 heteroatoms. The van der Waals surface area contributed by atoms with Gasteiger partial charge < -0.3 is 9.15 Å². The highest BCUT2D eigenvalue weighted by Crippen LogP contribution is 2.35. The third kappa shape index (κ3) is 5.76. The van der Waals surface area contributed by atoms with E-state index in [2.05, 4.69) is 15.5 Å². The second-order valence-corrected chi connectivity index (χ2v) is 11.9. The zero-order chi connectivity index (χ0) is 26.5. The summed E-state index contributed by atoms with van der Waals surface area (Å²) in [7, 11) is -2.12. The minimum atomic E-state index is -3.68. The van der Waals surface area contributed by atoms with Crippen molar-refractivity contribution >= 4 is 21.9 Å². The largest absolute Gasteiger partial charge is 0.497 e. The molecular weight excluding hydrogens is 504 g/mol. The summed E-state index contributed by atoms with van der Waals surface area (Å²) < 4.78 is 40.4. The smallest absolute Gasteiger partial charge is 0.322 e. The first-order valence-electron chi connectivity index (χ1n) is 13.4. The highest BCUT2D eigenvalue weighted by molar-refractivity contribution is 7.89. The number of hydrogen-bond donors (Lipinski definition) is 1. The molecule has 1 heterocycles. The molecule has 1 N–H and O–H groups in total. The molecule has 0 saturated heterocycles. The highest BCUT2D eigenvalue weighted by atomic mass is 32.2. The average molecular weight is 539 g/mol. The SMILES string of the molecule is COc1cccc(-c2nnc(NC(=O)c3ccc(S(=O)(=O)N(C4CCCCC4)C4CCCCC4)cc3)o2)c1. The van der Waals surface area contributed by atoms with Crippen LogP contribution in [0.4, 0.5) is 6.01 Å². The van der Waals surface area contributed by atoms with Crippen LogP contribution in [0.25, 0.3) is 11.5 Å². The van der Waals surface area contributed by atoms with Crippen LogP contribution in [0.5, 0.6) is 5.75 Å². The highest BCUT2D eigenvalue weighted by Gasteiger charge is 2.38. The summed E-state index contributed by atoms with van der Waals surface area (Å²) in [5.41, 5.74) is 0.958. The fourth-order valence-electron chi connectivity index (χ4n) is 5.58. The molecule has 3 aromatic rings. The predicted octanol–water partition coefficient (Wildman–Crippen LogP) is 5.65. The van der Waals surface area contributed by atoms with E-state index < -0.39 is 15.9 Å². The zero-order valence-electron chi connectivity index (χ0n) is 21.6. The lowest BCUT2D eigenvalue weighted by Crippen LogP contribution is -2.48. The van der Waals surface area contributed by atoms with E-state index in [1.807, 2.05) is 4.31 Å². The quantitative estimate of drug-likeness (QED) is 0.394. The topological polar surface area (TPSA) is 115 Å². The van der Waals surface area contributed by atoms with Crippen LogP contribution in [0.3, 0.4) is 0 Å². The Balaban J connectivity index is 1.31. The van der Waals surface area contributed by atoms with Crippen LogP contribution in [0, 0.1) is 0 Å². The van der Waals surface area contributed by atoms with E-state index >= 15 is 0 Å². The van der Waals surface area contributed by atoms with Gasteiger partial charge >= 0.3 is 6.01 Å². The van der Waals surface area contributed by atoms with Gasteiger partial charge in [0.05, 0.1) is 12.0 Å². The Morgan fingerprint density at radius 2 is 1.55 bits per heavy atom. The Morgan fingerprint density at radius 3 is 2.16 bits per heavy atom. The molecule has 1 aromatic heterocycles. The normalized spacial score (nSPS) is 17.4. The summed E-state index contributed by atoms with van der Waals surface area (Å²) in [6.07, 6.45) is 10.3. The number of anilines is 1. The third-order valence-corrected chi connectivity index (χ3v) is 9.54. The van der Waals surface area contributed by atoms with E-state index in [4.69, 9.17) is 9.15 Å². The molecule has 2 fully saturated rings. The molecule has 9 nitrogen and oxygen atoms in total. The van der Waals surface area contributed by atoms with E-state index in [-0.39, 0.29) is 28.9 Å². The van der Waals surface area contributed by atoms with Gasteiger partial charge in [-0.1, -0.05) is 49.7 Å². The minimum Gasteiger partial charge on any atom is -0.497 e. The van der Waals surface area contributed by atoms with Gasteiger partial charge in [0.15, 0.2) is 0 Å². The fourth-order valence-corrected chi connectivity index (χ4v) is 7.51. The maximum atomic E-state index is 13.9. The lowest BCUT2D eigenvalue weighted by molar-refractivity contribution is 0.102. The molecule has 2 saturated carbocycles. The second-order valence-electron chi connectivity index (χ2n) is 10.0. The van der Waals surface area contributed by atoms with Crippen molar-refractivity contribution < 1.29 is 22.4 Å². The number of nitrogens with one attached hydrogen (secondary N) is 1. The van der Waals surface area contributed by atoms with Gasteiger partial charge in [-0.25, -0.2) is 8.42 Å². The molecule has 5 rings (SSSR count). The summed E-state index contributed by atoms with van der Waals surface area (Å²) in [5.74, 6) is 0.421. The van der Waals surface area contributed by atoms with E-state index in [1.165, 1.54) is 37.1 Å². The number of carbonyl (C=O) groups is 1. The number of methoxy groups -OCH3 is 1. The molecule has 0 spiro atoms. The molecule has 0 unspecified atom stereocenters. The summed E-state index contributed by atoms with van der Waals surface area (Å²) in [6, 6.07) is 13.3. The summed E-state index contributed by atoms with van der Waals surface area (Å²) in [4.78, 5) is 13.1. The molecule has 202 valence electrons. The van der Waals surface area contributed by atoms with Crippen molar-refractivity contribution in [3.05, 3.63) is 54.1 Å². The molecule has 0 aliphatic heterocycles. The van der Waals surface area contributed by atoms with Gasteiger partial charge in [0, 0.05) is 23.2 Å². The Labute approximate surface area is 223 Å². The molecule has 0 bridgehead atoms. The number of ether oxygens (including phenoxy) is 1. The number of nitrogens with zero attached hydrogens (tertiary/aromatic N) is 3. The Morgan fingerprint density at radius 1 is 0.921 bits per heavy atom. The van der Waals surface area contributed by atoms with Crippen molar-refractivity contribution in [3.8, 4) is 17.2 Å². The van der Waals surface area contributed by atoms with Crippen LogP contribution >= 0.6 is 0 Å². The maximum absolute atomic E-state index is 13.9. The van der Waals surface area contributed by atoms with Crippen LogP contribution in [0.2, 0.25) is 0 Å². The van der Waals surface area contributed by atoms with Crippen molar-refractivity contribution in [2.45, 2.75) is 81.2 Å². The number of amides is 1. The maximum Gasteiger partial charge on any atom is 0.322 e. The molecule has 2 aliphatic rings. The zero-order valence-corrected chi connectivity index (χ0v) is 22.5. The van der Waals surface area contributed by atoms with E-state index in [9.17, 15) is 13.2 Å². The summed E-state index contributed by atoms with van der Waals surface area (Å²) in [6.45, 7) is 0. The minimum absolute atomic E-state index is 0.0507. The number of aromatic nitrogens is 2. The van der Waals surface area contributed by atoms with E-state index in [0.29, 0.717) is 16.9 Å². The number of sulfonamides is 1. The molecule has 2 aliphatic carbocycles. The van der Waals surface area contributed by atoms with Crippen LogP contribution < -0.4 is 10.1 Å². The molecule has 1 amide bonds. The van der Waals surface area contributed by atoms with Gasteiger partial charge in [-0.05, 0) is 68.1 Å². The standard InChI is InChI=1S/C28H34N4O5S/c1-36-24-14-8-9-21(19-24)27-30-31-28(37-27)29-26(33)20-15-17-25(18-16-20)38(34,35)32(22-10-4-2-5-11-22)23-12-6-3-7-13-23/h8-9,14-19,22-23H,2-7,10-13H2,1H3,(H,29,31,33). The van der Waals surface area contributed by atoms with Crippen LogP contribution in [0.1, 0.15) is 74.6 Å². The first kappa shape index (κ1) is 26.4. The number of benzene rings is 2. The van der Waals surface area contributed by atoms with Gasteiger partial charge in [0.2, 0.25) is 15.9 Å². The predicted molar refractivity (Wildman–Crippen MR) is 143 cm³/mol. The molecule has 38 heavy (non-hydrogen) atoms. The average Bonchev–Trinajstić information content (AvgIpc) is 3.43. The van der Waals surface area contributed by atoms with Crippen molar-refractivity contribution in [2.75, 3.05) is 12.4 Å². The van der Waals surface area contributed by atoms with Crippen LogP contribution in [0.15, 0.2) is 57.8 Å². The van der Waals surface area contributed by atoms with Crippen molar-refractivity contribution in [2.24, 2.45) is 0 Å². The van der Waals surface area contributed by atoms with Gasteiger partial charge in [-0.2, -0.15) is 4.31 Å². The molecule has 0 radical (unpaired) electrons. The Hall–Kier alpha value is -3.24. The fraction of sp³-hybridized carbons (Fsp3) is 0.464. The number of carbonyl (C=O) groups excluding carboxylic acids is 1. The second kappa shape index (κ2) is 11.7. The van der Waals surface area contributed by atoms with Gasteiger partial charge in [0.25, 0.3) is 5.91 Å². The van der Waals surface area contributed by atoms with Crippen LogP contribution in [-0.2, 0) is 10.0 Å². The Bertz CT molecular complexity index is 1330. The number of hydrogen-bond acceptors (Lipinski definition) is 7. The third-order valence-electron chi connectivity index (χ3n) is 7.52. The summed E-state index contributed by atoms with van der Waals surface area (Å²) in [5, 5.41) is 10.5. The monoisotopic (exact) mass is 538 g/mol. The molecule has 0 atom stereocenters. The van der Waals surface area contributed by atoms with Crippen molar-refractivity contribution in [1.29, 1.82) is 0 Å².